The number of nitrogens with zero attached hydrogens (tertiary/aromatic N) is 1. The van der Waals surface area contributed by atoms with Crippen LogP contribution in [0.1, 0.15) is 0 Å². The zero-order chi connectivity index (χ0) is 17.4. The zero-order valence-corrected chi connectivity index (χ0v) is 13.0. The Morgan fingerprint density at radius 2 is 1.64 bits per heavy atom. The molecule has 0 aliphatic rings. The van der Waals surface area contributed by atoms with Crippen molar-refractivity contribution in [1.29, 1.82) is 0 Å². The smallest absolute Gasteiger partial charge is 0.259 e. The Balaban J connectivity index is 1.89. The molecule has 2 N–H and O–H groups in total. The van der Waals surface area contributed by atoms with Crippen molar-refractivity contribution >= 4 is 10.9 Å². The molecular weight excluding hydrogens is 319 g/mol. The van der Waals surface area contributed by atoms with Crippen LogP contribution in [0.15, 0.2) is 71.5 Å². The number of fused-ring (bicyclic) bond motifs is 1. The fourth-order valence-corrected chi connectivity index (χ4v) is 2.76. The first-order valence-corrected chi connectivity index (χ1v) is 7.70. The van der Waals surface area contributed by atoms with Gasteiger partial charge in [-0.15, -0.1) is 0 Å². The Labute approximate surface area is 142 Å². The van der Waals surface area contributed by atoms with Gasteiger partial charge < -0.3 is 10.1 Å². The molecule has 0 saturated carbocycles. The molecule has 122 valence electrons. The van der Waals surface area contributed by atoms with E-state index in [1.54, 1.807) is 48.5 Å². The summed E-state index contributed by atoms with van der Waals surface area (Å²) in [6.45, 7) is 0. The fourth-order valence-electron chi connectivity index (χ4n) is 2.76. The van der Waals surface area contributed by atoms with E-state index in [4.69, 9.17) is 0 Å². The molecule has 0 fully saturated rings. The lowest BCUT2D eigenvalue weighted by molar-refractivity contribution is 0.477. The van der Waals surface area contributed by atoms with Gasteiger partial charge in [0.1, 0.15) is 17.4 Å². The third-order valence-electron chi connectivity index (χ3n) is 4.04. The summed E-state index contributed by atoms with van der Waals surface area (Å²) < 4.78 is 13.1. The van der Waals surface area contributed by atoms with Crippen molar-refractivity contribution in [3.05, 3.63) is 82.9 Å². The van der Waals surface area contributed by atoms with Crippen LogP contribution in [-0.2, 0) is 0 Å². The number of rotatable bonds is 2. The standard InChI is InChI=1S/C20H13FN2O2/c21-14-8-5-12(6-9-14)13-7-10-18(24)16(11-13)19-22-17-4-2-1-3-15(17)20(25)23-19/h1-11,24H,(H,22,23,25). The number of aromatic hydroxyl groups is 1. The van der Waals surface area contributed by atoms with E-state index in [1.165, 1.54) is 18.2 Å². The summed E-state index contributed by atoms with van der Waals surface area (Å²) in [7, 11) is 0. The quantitative estimate of drug-likeness (QED) is 0.581. The van der Waals surface area contributed by atoms with Crippen molar-refractivity contribution in [2.24, 2.45) is 0 Å². The SMILES string of the molecule is O=c1[nH]c(-c2cc(-c3ccc(F)cc3)ccc2O)nc2ccccc12. The van der Waals surface area contributed by atoms with Crippen LogP contribution in [0.3, 0.4) is 0 Å². The first-order chi connectivity index (χ1) is 12.1. The summed E-state index contributed by atoms with van der Waals surface area (Å²) in [5.41, 5.74) is 2.26. The number of benzene rings is 3. The molecule has 0 radical (unpaired) electrons. The molecule has 4 nitrogen and oxygen atoms in total. The van der Waals surface area contributed by atoms with Crippen molar-refractivity contribution < 1.29 is 9.50 Å². The van der Waals surface area contributed by atoms with E-state index >= 15 is 0 Å². The normalized spacial score (nSPS) is 10.9. The van der Waals surface area contributed by atoms with Crippen LogP contribution in [0, 0.1) is 5.82 Å². The second-order valence-corrected chi connectivity index (χ2v) is 5.67. The number of nitrogens with one attached hydrogen (secondary N) is 1. The molecule has 0 amide bonds. The number of para-hydroxylation sites is 1. The zero-order valence-electron chi connectivity index (χ0n) is 13.0. The third kappa shape index (κ3) is 2.76. The van der Waals surface area contributed by atoms with Gasteiger partial charge in [0, 0.05) is 0 Å². The number of phenols is 1. The molecule has 4 aromatic rings. The van der Waals surface area contributed by atoms with Crippen LogP contribution in [0.25, 0.3) is 33.4 Å². The van der Waals surface area contributed by atoms with Gasteiger partial charge >= 0.3 is 0 Å². The Morgan fingerprint density at radius 3 is 2.44 bits per heavy atom. The van der Waals surface area contributed by atoms with E-state index < -0.39 is 0 Å². The molecule has 4 rings (SSSR count). The van der Waals surface area contributed by atoms with Crippen LogP contribution in [-0.4, -0.2) is 15.1 Å². The Morgan fingerprint density at radius 1 is 0.920 bits per heavy atom. The Kier molecular flexibility index (Phi) is 3.54. The minimum absolute atomic E-state index is 0.00397. The molecule has 0 unspecified atom stereocenters. The number of phenolic OH excluding ortho intramolecular Hbond substituents is 1. The van der Waals surface area contributed by atoms with E-state index in [2.05, 4.69) is 9.97 Å². The first-order valence-electron chi connectivity index (χ1n) is 7.70. The minimum atomic E-state index is -0.316. The lowest BCUT2D eigenvalue weighted by Gasteiger charge is -2.09. The summed E-state index contributed by atoms with van der Waals surface area (Å²) in [5, 5.41) is 10.7. The van der Waals surface area contributed by atoms with Crippen LogP contribution >= 0.6 is 0 Å². The topological polar surface area (TPSA) is 66.0 Å². The maximum atomic E-state index is 13.1. The highest BCUT2D eigenvalue weighted by Crippen LogP contribution is 2.32. The molecule has 0 bridgehead atoms. The maximum absolute atomic E-state index is 13.1. The monoisotopic (exact) mass is 332 g/mol. The number of aromatic nitrogens is 2. The molecule has 0 aliphatic carbocycles. The van der Waals surface area contributed by atoms with Crippen LogP contribution in [0.2, 0.25) is 0 Å². The van der Waals surface area contributed by atoms with Gasteiger partial charge in [0.25, 0.3) is 5.56 Å². The maximum Gasteiger partial charge on any atom is 0.259 e. The van der Waals surface area contributed by atoms with E-state index in [0.29, 0.717) is 16.5 Å². The molecule has 5 heteroatoms. The summed E-state index contributed by atoms with van der Waals surface area (Å²) >= 11 is 0. The van der Waals surface area contributed by atoms with Crippen molar-refractivity contribution in [3.8, 4) is 28.3 Å². The highest BCUT2D eigenvalue weighted by molar-refractivity contribution is 5.81. The summed E-state index contributed by atoms with van der Waals surface area (Å²) in [6.07, 6.45) is 0. The average Bonchev–Trinajstić information content (AvgIpc) is 2.63. The third-order valence-corrected chi connectivity index (χ3v) is 4.04. The molecular formula is C20H13FN2O2. The molecule has 0 atom stereocenters. The molecule has 0 spiro atoms. The average molecular weight is 332 g/mol. The number of H-pyrrole nitrogens is 1. The van der Waals surface area contributed by atoms with Gasteiger partial charge in [-0.05, 0) is 47.5 Å². The second kappa shape index (κ2) is 5.87. The summed E-state index contributed by atoms with van der Waals surface area (Å²) in [5.74, 6) is -0.0299. The molecule has 25 heavy (non-hydrogen) atoms. The number of halogens is 1. The van der Waals surface area contributed by atoms with Crippen LogP contribution in [0.4, 0.5) is 4.39 Å². The summed E-state index contributed by atoms with van der Waals surface area (Å²) in [6, 6.07) is 18.0. The van der Waals surface area contributed by atoms with Crippen LogP contribution in [0.5, 0.6) is 5.75 Å². The largest absolute Gasteiger partial charge is 0.507 e. The minimum Gasteiger partial charge on any atom is -0.507 e. The van der Waals surface area contributed by atoms with Gasteiger partial charge in [-0.25, -0.2) is 9.37 Å². The van der Waals surface area contributed by atoms with Gasteiger partial charge in [0.2, 0.25) is 0 Å². The summed E-state index contributed by atoms with van der Waals surface area (Å²) in [4.78, 5) is 19.4. The lowest BCUT2D eigenvalue weighted by atomic mass is 10.0. The highest BCUT2D eigenvalue weighted by Gasteiger charge is 2.11. The van der Waals surface area contributed by atoms with E-state index in [9.17, 15) is 14.3 Å². The molecule has 0 aliphatic heterocycles. The lowest BCUT2D eigenvalue weighted by Crippen LogP contribution is -2.09. The van der Waals surface area contributed by atoms with Crippen LogP contribution < -0.4 is 5.56 Å². The van der Waals surface area contributed by atoms with E-state index in [1.807, 2.05) is 0 Å². The van der Waals surface area contributed by atoms with Gasteiger partial charge in [0.05, 0.1) is 16.5 Å². The second-order valence-electron chi connectivity index (χ2n) is 5.67. The highest BCUT2D eigenvalue weighted by atomic mass is 19.1. The molecule has 3 aromatic carbocycles. The van der Waals surface area contributed by atoms with Crippen molar-refractivity contribution in [2.75, 3.05) is 0 Å². The number of aromatic amines is 1. The molecule has 1 aromatic heterocycles. The van der Waals surface area contributed by atoms with E-state index in [-0.39, 0.29) is 23.0 Å². The van der Waals surface area contributed by atoms with Crippen molar-refractivity contribution in [1.82, 2.24) is 9.97 Å². The van der Waals surface area contributed by atoms with Gasteiger partial charge in [0.15, 0.2) is 0 Å². The Bertz CT molecular complexity index is 1130. The van der Waals surface area contributed by atoms with Gasteiger partial charge in [-0.3, -0.25) is 4.79 Å². The van der Waals surface area contributed by atoms with Gasteiger partial charge in [-0.1, -0.05) is 30.3 Å². The molecule has 1 heterocycles. The predicted octanol–water partition coefficient (Wildman–Crippen LogP) is 4.10. The fraction of sp³-hybridized carbons (Fsp3) is 0. The van der Waals surface area contributed by atoms with Crippen molar-refractivity contribution in [3.63, 3.8) is 0 Å². The first kappa shape index (κ1) is 15.1. The molecule has 0 saturated heterocycles. The van der Waals surface area contributed by atoms with Crippen molar-refractivity contribution in [2.45, 2.75) is 0 Å². The van der Waals surface area contributed by atoms with E-state index in [0.717, 1.165) is 11.1 Å². The van der Waals surface area contributed by atoms with Gasteiger partial charge in [-0.2, -0.15) is 0 Å². The Hall–Kier alpha value is -3.47. The number of hydrogen-bond acceptors (Lipinski definition) is 3. The predicted molar refractivity (Wildman–Crippen MR) is 94.9 cm³/mol. The number of hydrogen-bond donors (Lipinski definition) is 2.